The van der Waals surface area contributed by atoms with Crippen molar-refractivity contribution in [3.05, 3.63) is 76.9 Å². The summed E-state index contributed by atoms with van der Waals surface area (Å²) in [5, 5.41) is 7.69. The molecule has 9 heteroatoms. The molecular formula is C22H18F2N4O2S. The fourth-order valence-corrected chi connectivity index (χ4v) is 4.12. The highest BCUT2D eigenvalue weighted by Crippen LogP contribution is 2.32. The average molecular weight is 440 g/mol. The molecule has 0 bridgehead atoms. The Kier molecular flexibility index (Phi) is 5.88. The summed E-state index contributed by atoms with van der Waals surface area (Å²) in [5.41, 5.74) is 1.54. The van der Waals surface area contributed by atoms with Gasteiger partial charge in [0.15, 0.2) is 0 Å². The van der Waals surface area contributed by atoms with E-state index in [-0.39, 0.29) is 23.6 Å². The van der Waals surface area contributed by atoms with Gasteiger partial charge in [0.1, 0.15) is 28.2 Å². The Morgan fingerprint density at radius 1 is 1.16 bits per heavy atom. The minimum absolute atomic E-state index is 0.138. The molecule has 2 aromatic heterocycles. The number of ether oxygens (including phenoxy) is 1. The van der Waals surface area contributed by atoms with Crippen molar-refractivity contribution >= 4 is 23.1 Å². The number of rotatable bonds is 6. The highest BCUT2D eigenvalue weighted by Gasteiger charge is 2.21. The molecule has 0 spiro atoms. The molecule has 2 heterocycles. The summed E-state index contributed by atoms with van der Waals surface area (Å²) < 4.78 is 33.9. The van der Waals surface area contributed by atoms with Crippen molar-refractivity contribution < 1.29 is 18.3 Å². The largest absolute Gasteiger partial charge is 0.378 e. The molecule has 0 aliphatic carbocycles. The van der Waals surface area contributed by atoms with Crippen LogP contribution in [0.3, 0.4) is 0 Å². The number of halogens is 2. The molecule has 0 atom stereocenters. The first kappa shape index (κ1) is 20.8. The van der Waals surface area contributed by atoms with Crippen LogP contribution in [0.15, 0.2) is 54.6 Å². The summed E-state index contributed by atoms with van der Waals surface area (Å²) in [7, 11) is 3.19. The number of amides is 1. The fraction of sp³-hybridized carbons (Fsp3) is 0.136. The lowest BCUT2D eigenvalue weighted by atomic mass is 10.1. The van der Waals surface area contributed by atoms with Gasteiger partial charge in [-0.3, -0.25) is 9.48 Å². The number of methoxy groups -OCH3 is 1. The molecule has 0 fully saturated rings. The summed E-state index contributed by atoms with van der Waals surface area (Å²) >= 11 is 1.38. The summed E-state index contributed by atoms with van der Waals surface area (Å²) in [6.45, 7) is 0.289. The summed E-state index contributed by atoms with van der Waals surface area (Å²) in [6, 6.07) is 14.3. The van der Waals surface area contributed by atoms with Crippen molar-refractivity contribution in [1.29, 1.82) is 0 Å². The van der Waals surface area contributed by atoms with Crippen LogP contribution in [0.5, 0.6) is 0 Å². The number of benzene rings is 2. The van der Waals surface area contributed by atoms with E-state index < -0.39 is 17.5 Å². The van der Waals surface area contributed by atoms with Crippen LogP contribution in [-0.4, -0.2) is 27.8 Å². The third-order valence-electron chi connectivity index (χ3n) is 4.52. The van der Waals surface area contributed by atoms with Gasteiger partial charge in [-0.15, -0.1) is 11.3 Å². The Morgan fingerprint density at radius 2 is 1.94 bits per heavy atom. The standard InChI is InChI=1S/C22H18F2N4O2S/c1-28-18(11-17(27-28)15-9-8-14(23)10-16(15)24)25-22(29)20-21(13-6-4-3-5-7-13)31-19(26-20)12-30-2/h3-11H,12H2,1-2H3,(H,25,29). The smallest absolute Gasteiger partial charge is 0.276 e. The lowest BCUT2D eigenvalue weighted by molar-refractivity contribution is 0.102. The van der Waals surface area contributed by atoms with Gasteiger partial charge in [0, 0.05) is 31.9 Å². The van der Waals surface area contributed by atoms with Crippen LogP contribution in [0.4, 0.5) is 14.6 Å². The molecule has 1 amide bonds. The third kappa shape index (κ3) is 4.37. The zero-order chi connectivity index (χ0) is 22.0. The highest BCUT2D eigenvalue weighted by molar-refractivity contribution is 7.15. The minimum Gasteiger partial charge on any atom is -0.378 e. The van der Waals surface area contributed by atoms with E-state index in [4.69, 9.17) is 4.74 Å². The first-order valence-corrected chi connectivity index (χ1v) is 10.1. The molecule has 0 aliphatic heterocycles. The number of nitrogens with zero attached hydrogens (tertiary/aromatic N) is 3. The normalized spacial score (nSPS) is 11.0. The predicted octanol–water partition coefficient (Wildman–Crippen LogP) is 4.89. The molecule has 0 aliphatic rings. The van der Waals surface area contributed by atoms with Gasteiger partial charge < -0.3 is 10.1 Å². The Hall–Kier alpha value is -3.43. The van der Waals surface area contributed by atoms with Gasteiger partial charge in [-0.25, -0.2) is 13.8 Å². The van der Waals surface area contributed by atoms with E-state index in [9.17, 15) is 13.6 Å². The molecule has 4 rings (SSSR count). The van der Waals surface area contributed by atoms with Crippen LogP contribution in [0.2, 0.25) is 0 Å². The zero-order valence-electron chi connectivity index (χ0n) is 16.7. The third-order valence-corrected chi connectivity index (χ3v) is 5.60. The maximum Gasteiger partial charge on any atom is 0.276 e. The number of hydrogen-bond donors (Lipinski definition) is 1. The molecule has 0 saturated heterocycles. The molecule has 31 heavy (non-hydrogen) atoms. The van der Waals surface area contributed by atoms with E-state index >= 15 is 0 Å². The lowest BCUT2D eigenvalue weighted by Gasteiger charge is -2.05. The van der Waals surface area contributed by atoms with E-state index in [2.05, 4.69) is 15.4 Å². The Bertz CT molecular complexity index is 1240. The molecule has 0 saturated carbocycles. The van der Waals surface area contributed by atoms with E-state index in [0.717, 1.165) is 22.6 Å². The predicted molar refractivity (Wildman–Crippen MR) is 115 cm³/mol. The van der Waals surface area contributed by atoms with Crippen LogP contribution >= 0.6 is 11.3 Å². The first-order chi connectivity index (χ1) is 15.0. The van der Waals surface area contributed by atoms with Crippen molar-refractivity contribution in [3.8, 4) is 21.7 Å². The van der Waals surface area contributed by atoms with Crippen molar-refractivity contribution in [2.24, 2.45) is 7.05 Å². The molecule has 4 aromatic rings. The van der Waals surface area contributed by atoms with Crippen molar-refractivity contribution in [2.45, 2.75) is 6.61 Å². The van der Waals surface area contributed by atoms with Crippen molar-refractivity contribution in [3.63, 3.8) is 0 Å². The van der Waals surface area contributed by atoms with Gasteiger partial charge in [-0.05, 0) is 17.7 Å². The Balaban J connectivity index is 1.65. The average Bonchev–Trinajstić information content (AvgIpc) is 3.33. The molecule has 0 radical (unpaired) electrons. The number of aromatic nitrogens is 3. The van der Waals surface area contributed by atoms with Crippen LogP contribution in [-0.2, 0) is 18.4 Å². The quantitative estimate of drug-likeness (QED) is 0.464. The van der Waals surface area contributed by atoms with Gasteiger partial charge >= 0.3 is 0 Å². The van der Waals surface area contributed by atoms with Crippen molar-refractivity contribution in [1.82, 2.24) is 14.8 Å². The van der Waals surface area contributed by atoms with Crippen molar-refractivity contribution in [2.75, 3.05) is 12.4 Å². The fourth-order valence-electron chi connectivity index (χ4n) is 3.08. The zero-order valence-corrected chi connectivity index (χ0v) is 17.5. The number of carbonyl (C=O) groups excluding carboxylic acids is 1. The minimum atomic E-state index is -0.731. The number of thiazole rings is 1. The second-order valence-corrected chi connectivity index (χ2v) is 7.78. The molecular weight excluding hydrogens is 422 g/mol. The second-order valence-electron chi connectivity index (χ2n) is 6.70. The van der Waals surface area contributed by atoms with Crippen LogP contribution in [0, 0.1) is 11.6 Å². The molecule has 1 N–H and O–H groups in total. The SMILES string of the molecule is COCc1nc(C(=O)Nc2cc(-c3ccc(F)cc3F)nn2C)c(-c2ccccc2)s1. The molecule has 2 aromatic carbocycles. The van der Waals surface area contributed by atoms with E-state index in [0.29, 0.717) is 10.8 Å². The Morgan fingerprint density at radius 3 is 2.65 bits per heavy atom. The lowest BCUT2D eigenvalue weighted by Crippen LogP contribution is -2.16. The maximum atomic E-state index is 14.1. The Labute approximate surface area is 181 Å². The number of nitrogens with one attached hydrogen (secondary N) is 1. The van der Waals surface area contributed by atoms with E-state index in [1.165, 1.54) is 28.2 Å². The van der Waals surface area contributed by atoms with Gasteiger partial charge in [0.05, 0.1) is 17.2 Å². The van der Waals surface area contributed by atoms with E-state index in [1.54, 1.807) is 14.2 Å². The number of aryl methyl sites for hydroxylation is 1. The van der Waals surface area contributed by atoms with Crippen LogP contribution < -0.4 is 5.32 Å². The van der Waals surface area contributed by atoms with Gasteiger partial charge in [0.25, 0.3) is 5.91 Å². The van der Waals surface area contributed by atoms with Crippen LogP contribution in [0.1, 0.15) is 15.5 Å². The molecule has 158 valence electrons. The number of carbonyl (C=O) groups is 1. The summed E-state index contributed by atoms with van der Waals surface area (Å²) in [6.07, 6.45) is 0. The van der Waals surface area contributed by atoms with E-state index in [1.807, 2.05) is 30.3 Å². The molecule has 0 unspecified atom stereocenters. The number of anilines is 1. The summed E-state index contributed by atoms with van der Waals surface area (Å²) in [5.74, 6) is -1.48. The number of hydrogen-bond acceptors (Lipinski definition) is 5. The molecule has 6 nitrogen and oxygen atoms in total. The van der Waals surface area contributed by atoms with Gasteiger partial charge in [-0.2, -0.15) is 5.10 Å². The van der Waals surface area contributed by atoms with Crippen LogP contribution in [0.25, 0.3) is 21.7 Å². The van der Waals surface area contributed by atoms with Gasteiger partial charge in [-0.1, -0.05) is 30.3 Å². The highest BCUT2D eigenvalue weighted by atomic mass is 32.1. The van der Waals surface area contributed by atoms with Gasteiger partial charge in [0.2, 0.25) is 0 Å². The monoisotopic (exact) mass is 440 g/mol. The topological polar surface area (TPSA) is 69.0 Å². The maximum absolute atomic E-state index is 14.1. The first-order valence-electron chi connectivity index (χ1n) is 9.31. The summed E-state index contributed by atoms with van der Waals surface area (Å²) in [4.78, 5) is 18.2. The second kappa shape index (κ2) is 8.75.